The number of allylic oxidation sites excluding steroid dienone is 2. The van der Waals surface area contributed by atoms with Crippen molar-refractivity contribution in [3.8, 4) is 11.1 Å². The summed E-state index contributed by atoms with van der Waals surface area (Å²) in [6.45, 7) is 10.2. The Labute approximate surface area is 207 Å². The van der Waals surface area contributed by atoms with Crippen molar-refractivity contribution in [1.29, 1.82) is 0 Å². The Balaban J connectivity index is 2.02. The van der Waals surface area contributed by atoms with Gasteiger partial charge in [0.15, 0.2) is 0 Å². The Morgan fingerprint density at radius 3 is 2.38 bits per heavy atom. The summed E-state index contributed by atoms with van der Waals surface area (Å²) in [4.78, 5) is 29.7. The first-order valence-electron chi connectivity index (χ1n) is 11.7. The monoisotopic (exact) mass is 480 g/mol. The molecule has 180 valence electrons. The molecule has 34 heavy (non-hydrogen) atoms. The smallest absolute Gasteiger partial charge is 0.341 e. The molecular formula is C28H33ClN2O3. The topological polar surface area (TPSA) is 82.3 Å². The van der Waals surface area contributed by atoms with Gasteiger partial charge in [-0.1, -0.05) is 61.9 Å². The van der Waals surface area contributed by atoms with E-state index in [4.69, 9.17) is 27.1 Å². The van der Waals surface area contributed by atoms with Crippen molar-refractivity contribution < 1.29 is 14.3 Å². The second kappa shape index (κ2) is 11.1. The minimum atomic E-state index is -0.489. The van der Waals surface area contributed by atoms with Gasteiger partial charge >= 0.3 is 5.97 Å². The van der Waals surface area contributed by atoms with Gasteiger partial charge in [-0.25, -0.2) is 4.79 Å². The molecular weight excluding hydrogens is 448 g/mol. The van der Waals surface area contributed by atoms with E-state index in [-0.39, 0.29) is 12.5 Å². The standard InChI is InChI=1S/C28H33ClN2O3/c1-16(2)14-24-23(15-30)26(21-8-6-17(3)7-9-21)25(18(4)31-24)28(33)34-19(5)20-10-12-22(13-11-20)27(29)32/h6-12,16,19,22H,13-15,30H2,1-5H3. The zero-order valence-electron chi connectivity index (χ0n) is 20.5. The minimum Gasteiger partial charge on any atom is -0.454 e. The molecule has 0 saturated carbocycles. The molecule has 2 N–H and O–H groups in total. The van der Waals surface area contributed by atoms with Crippen molar-refractivity contribution in [2.24, 2.45) is 17.6 Å². The van der Waals surface area contributed by atoms with Crippen LogP contribution in [-0.2, 0) is 22.5 Å². The summed E-state index contributed by atoms with van der Waals surface area (Å²) in [6.07, 6.45) is 6.23. The Hall–Kier alpha value is -2.76. The van der Waals surface area contributed by atoms with Crippen molar-refractivity contribution in [1.82, 2.24) is 4.98 Å². The number of rotatable bonds is 8. The summed E-state index contributed by atoms with van der Waals surface area (Å²) in [7, 11) is 0. The lowest BCUT2D eigenvalue weighted by atomic mass is 9.89. The molecule has 0 spiro atoms. The summed E-state index contributed by atoms with van der Waals surface area (Å²) in [6, 6.07) is 8.08. The molecule has 1 aromatic carbocycles. The van der Waals surface area contributed by atoms with E-state index in [1.54, 1.807) is 12.2 Å². The number of nitrogens with two attached hydrogens (primary N) is 1. The van der Waals surface area contributed by atoms with Gasteiger partial charge < -0.3 is 10.5 Å². The van der Waals surface area contributed by atoms with E-state index < -0.39 is 17.3 Å². The van der Waals surface area contributed by atoms with Crippen LogP contribution in [0.5, 0.6) is 0 Å². The summed E-state index contributed by atoms with van der Waals surface area (Å²) < 4.78 is 5.90. The zero-order chi connectivity index (χ0) is 25.0. The fourth-order valence-electron chi connectivity index (χ4n) is 4.26. The van der Waals surface area contributed by atoms with Crippen molar-refractivity contribution in [3.05, 3.63) is 76.1 Å². The predicted octanol–water partition coefficient (Wildman–Crippen LogP) is 5.84. The van der Waals surface area contributed by atoms with Gasteiger partial charge in [-0.05, 0) is 67.8 Å². The molecule has 1 aliphatic carbocycles. The number of benzene rings is 1. The lowest BCUT2D eigenvalue weighted by Crippen LogP contribution is -2.22. The molecule has 0 radical (unpaired) electrons. The van der Waals surface area contributed by atoms with Crippen LogP contribution in [0.3, 0.4) is 0 Å². The van der Waals surface area contributed by atoms with Gasteiger partial charge in [0.2, 0.25) is 5.24 Å². The van der Waals surface area contributed by atoms with E-state index >= 15 is 0 Å². The number of halogens is 1. The highest BCUT2D eigenvalue weighted by Crippen LogP contribution is 2.34. The van der Waals surface area contributed by atoms with Crippen LogP contribution in [0.15, 0.2) is 48.1 Å². The lowest BCUT2D eigenvalue weighted by molar-refractivity contribution is -0.113. The maximum absolute atomic E-state index is 13.5. The molecule has 1 aromatic heterocycles. The highest BCUT2D eigenvalue weighted by molar-refractivity contribution is 6.64. The first-order chi connectivity index (χ1) is 16.1. The van der Waals surface area contributed by atoms with Crippen LogP contribution in [0.4, 0.5) is 0 Å². The third kappa shape index (κ3) is 5.83. The van der Waals surface area contributed by atoms with E-state index in [0.717, 1.165) is 39.9 Å². The van der Waals surface area contributed by atoms with Crippen LogP contribution >= 0.6 is 11.6 Å². The first-order valence-corrected chi connectivity index (χ1v) is 12.1. The molecule has 0 aliphatic heterocycles. The van der Waals surface area contributed by atoms with E-state index in [0.29, 0.717) is 23.6 Å². The number of carbonyl (C=O) groups excluding carboxylic acids is 2. The number of carbonyl (C=O) groups is 2. The van der Waals surface area contributed by atoms with Crippen molar-refractivity contribution in [2.45, 2.75) is 60.1 Å². The highest BCUT2D eigenvalue weighted by Gasteiger charge is 2.27. The normalized spacial score (nSPS) is 16.4. The van der Waals surface area contributed by atoms with Gasteiger partial charge in [-0.15, -0.1) is 0 Å². The Morgan fingerprint density at radius 1 is 1.18 bits per heavy atom. The molecule has 1 aliphatic rings. The molecule has 5 nitrogen and oxygen atoms in total. The third-order valence-electron chi connectivity index (χ3n) is 6.09. The number of ether oxygens (including phenoxy) is 1. The van der Waals surface area contributed by atoms with Gasteiger partial charge in [-0.3, -0.25) is 9.78 Å². The summed E-state index contributed by atoms with van der Waals surface area (Å²) in [5.74, 6) is -0.383. The van der Waals surface area contributed by atoms with Crippen LogP contribution in [0.2, 0.25) is 0 Å². The maximum Gasteiger partial charge on any atom is 0.341 e. The fraction of sp³-hybridized carbons (Fsp3) is 0.393. The van der Waals surface area contributed by atoms with Crippen molar-refractivity contribution in [2.75, 3.05) is 0 Å². The maximum atomic E-state index is 13.5. The van der Waals surface area contributed by atoms with E-state index in [1.165, 1.54) is 0 Å². The first kappa shape index (κ1) is 25.9. The van der Waals surface area contributed by atoms with Crippen LogP contribution in [0.25, 0.3) is 11.1 Å². The van der Waals surface area contributed by atoms with Gasteiger partial charge in [0, 0.05) is 17.8 Å². The number of nitrogens with zero attached hydrogens (tertiary/aromatic N) is 1. The van der Waals surface area contributed by atoms with Gasteiger partial charge in [0.25, 0.3) is 0 Å². The quantitative estimate of drug-likeness (QED) is 0.379. The molecule has 3 rings (SSSR count). The number of hydrogen-bond donors (Lipinski definition) is 1. The number of aromatic nitrogens is 1. The second-order valence-corrected chi connectivity index (χ2v) is 9.67. The average Bonchev–Trinajstić information content (AvgIpc) is 2.78. The molecule has 6 heteroatoms. The minimum absolute atomic E-state index is 0.274. The summed E-state index contributed by atoms with van der Waals surface area (Å²) in [5, 5.41) is -0.392. The van der Waals surface area contributed by atoms with Crippen molar-refractivity contribution in [3.63, 3.8) is 0 Å². The van der Waals surface area contributed by atoms with Crippen LogP contribution in [0, 0.1) is 25.7 Å². The zero-order valence-corrected chi connectivity index (χ0v) is 21.3. The number of esters is 1. The van der Waals surface area contributed by atoms with Gasteiger partial charge in [0.1, 0.15) is 6.10 Å². The third-order valence-corrected chi connectivity index (χ3v) is 6.37. The van der Waals surface area contributed by atoms with Gasteiger partial charge in [-0.2, -0.15) is 0 Å². The largest absolute Gasteiger partial charge is 0.454 e. The lowest BCUT2D eigenvalue weighted by Gasteiger charge is -2.23. The SMILES string of the molecule is Cc1ccc(-c2c(CN)c(CC(C)C)nc(C)c2C(=O)OC(C)C2=CCC(C(=O)Cl)C=C2)cc1. The molecule has 2 atom stereocenters. The Morgan fingerprint density at radius 2 is 1.85 bits per heavy atom. The van der Waals surface area contributed by atoms with Crippen LogP contribution < -0.4 is 5.73 Å². The van der Waals surface area contributed by atoms with E-state index in [2.05, 4.69) is 13.8 Å². The molecule has 0 saturated heterocycles. The fourth-order valence-corrected chi connectivity index (χ4v) is 4.42. The second-order valence-electron chi connectivity index (χ2n) is 9.30. The highest BCUT2D eigenvalue weighted by atomic mass is 35.5. The summed E-state index contributed by atoms with van der Waals surface area (Å²) in [5.41, 5.74) is 12.8. The predicted molar refractivity (Wildman–Crippen MR) is 137 cm³/mol. The molecule has 2 aromatic rings. The molecule has 2 unspecified atom stereocenters. The van der Waals surface area contributed by atoms with Crippen LogP contribution in [0.1, 0.15) is 60.1 Å². The van der Waals surface area contributed by atoms with E-state index in [1.807, 2.05) is 51.1 Å². The molecule has 0 amide bonds. The van der Waals surface area contributed by atoms with Crippen LogP contribution in [-0.4, -0.2) is 22.3 Å². The number of pyridine rings is 1. The van der Waals surface area contributed by atoms with Crippen molar-refractivity contribution >= 4 is 22.8 Å². The molecule has 0 bridgehead atoms. The Kier molecular flexibility index (Phi) is 8.45. The average molecular weight is 481 g/mol. The summed E-state index contributed by atoms with van der Waals surface area (Å²) >= 11 is 5.60. The van der Waals surface area contributed by atoms with E-state index in [9.17, 15) is 9.59 Å². The Bertz CT molecular complexity index is 1130. The van der Waals surface area contributed by atoms with Gasteiger partial charge in [0.05, 0.1) is 17.2 Å². The molecule has 0 fully saturated rings. The molecule has 1 heterocycles. The number of hydrogen-bond acceptors (Lipinski definition) is 5. The number of aryl methyl sites for hydroxylation is 2.